The Kier molecular flexibility index (Phi) is 5.21. The lowest BCUT2D eigenvalue weighted by atomic mass is 10.4. The first-order chi connectivity index (χ1) is 9.88. The zero-order valence-electron chi connectivity index (χ0n) is 11.6. The molecule has 0 saturated heterocycles. The zero-order chi connectivity index (χ0) is 15.5. The third-order valence-electron chi connectivity index (χ3n) is 2.58. The van der Waals surface area contributed by atoms with Gasteiger partial charge in [0.1, 0.15) is 4.21 Å². The van der Waals surface area contributed by atoms with Crippen LogP contribution in [0.4, 0.5) is 5.82 Å². The van der Waals surface area contributed by atoms with Gasteiger partial charge in [0.25, 0.3) is 10.0 Å². The van der Waals surface area contributed by atoms with Gasteiger partial charge >= 0.3 is 0 Å². The Hall–Kier alpha value is -1.15. The van der Waals surface area contributed by atoms with Crippen molar-refractivity contribution in [3.8, 4) is 0 Å². The van der Waals surface area contributed by atoms with Gasteiger partial charge in [0, 0.05) is 23.7 Å². The van der Waals surface area contributed by atoms with E-state index in [0.29, 0.717) is 12.6 Å². The monoisotopic (exact) mass is 345 g/mol. The maximum atomic E-state index is 12.3. The molecule has 0 amide bonds. The largest absolute Gasteiger partial charge is 0.310 e. The third kappa shape index (κ3) is 4.41. The first kappa shape index (κ1) is 16.2. The number of rotatable bonds is 6. The number of anilines is 1. The molecule has 0 atom stereocenters. The van der Waals surface area contributed by atoms with E-state index >= 15 is 0 Å². The van der Waals surface area contributed by atoms with Crippen LogP contribution in [0, 0.1) is 0 Å². The van der Waals surface area contributed by atoms with E-state index in [4.69, 9.17) is 11.6 Å². The van der Waals surface area contributed by atoms with E-state index in [1.54, 1.807) is 24.3 Å². The molecule has 2 rings (SSSR count). The van der Waals surface area contributed by atoms with Crippen LogP contribution in [0.5, 0.6) is 0 Å². The van der Waals surface area contributed by atoms with E-state index in [9.17, 15) is 8.42 Å². The molecule has 0 aromatic carbocycles. The molecule has 0 aliphatic rings. The smallest absolute Gasteiger partial charge is 0.272 e. The van der Waals surface area contributed by atoms with Crippen LogP contribution in [0.2, 0.25) is 5.02 Å². The summed E-state index contributed by atoms with van der Waals surface area (Å²) in [4.78, 5) is 4.88. The van der Waals surface area contributed by atoms with Gasteiger partial charge in [0.2, 0.25) is 0 Å². The molecule has 0 saturated carbocycles. The molecule has 2 N–H and O–H groups in total. The van der Waals surface area contributed by atoms with E-state index in [1.165, 1.54) is 17.5 Å². The molecule has 0 unspecified atom stereocenters. The number of halogens is 1. The summed E-state index contributed by atoms with van der Waals surface area (Å²) >= 11 is 7.13. The Bertz CT molecular complexity index is 714. The molecular weight excluding hydrogens is 330 g/mol. The SMILES string of the molecule is CC(C)NCc1ccc(S(=O)(=O)Nc2ncccc2Cl)s1. The highest BCUT2D eigenvalue weighted by Crippen LogP contribution is 2.26. The predicted octanol–water partition coefficient (Wildman–Crippen LogP) is 3.10. The summed E-state index contributed by atoms with van der Waals surface area (Å²) in [6.45, 7) is 4.72. The van der Waals surface area contributed by atoms with Crippen molar-refractivity contribution >= 4 is 38.8 Å². The van der Waals surface area contributed by atoms with Crippen LogP contribution in [0.3, 0.4) is 0 Å². The lowest BCUT2D eigenvalue weighted by Crippen LogP contribution is -2.21. The van der Waals surface area contributed by atoms with Crippen molar-refractivity contribution in [3.05, 3.63) is 40.4 Å². The van der Waals surface area contributed by atoms with E-state index < -0.39 is 10.0 Å². The average molecular weight is 346 g/mol. The summed E-state index contributed by atoms with van der Waals surface area (Å²) in [5.41, 5.74) is 0. The number of hydrogen-bond donors (Lipinski definition) is 2. The fraction of sp³-hybridized carbons (Fsp3) is 0.308. The second kappa shape index (κ2) is 6.74. The van der Waals surface area contributed by atoms with Crippen molar-refractivity contribution < 1.29 is 8.42 Å². The molecule has 0 radical (unpaired) electrons. The van der Waals surface area contributed by atoms with Gasteiger partial charge in [-0.05, 0) is 24.3 Å². The normalized spacial score (nSPS) is 11.8. The number of hydrogen-bond acceptors (Lipinski definition) is 5. The summed E-state index contributed by atoms with van der Waals surface area (Å²) in [6, 6.07) is 6.95. The molecule has 114 valence electrons. The van der Waals surface area contributed by atoms with Crippen molar-refractivity contribution in [2.75, 3.05) is 4.72 Å². The van der Waals surface area contributed by atoms with Crippen molar-refractivity contribution in [3.63, 3.8) is 0 Å². The van der Waals surface area contributed by atoms with Gasteiger partial charge in [-0.3, -0.25) is 4.72 Å². The summed E-state index contributed by atoms with van der Waals surface area (Å²) in [5, 5.41) is 3.51. The van der Waals surface area contributed by atoms with Gasteiger partial charge in [-0.2, -0.15) is 0 Å². The Morgan fingerprint density at radius 2 is 2.10 bits per heavy atom. The van der Waals surface area contributed by atoms with Crippen LogP contribution in [0.1, 0.15) is 18.7 Å². The van der Waals surface area contributed by atoms with Gasteiger partial charge in [-0.25, -0.2) is 13.4 Å². The maximum absolute atomic E-state index is 12.3. The molecule has 5 nitrogen and oxygen atoms in total. The minimum Gasteiger partial charge on any atom is -0.310 e. The Morgan fingerprint density at radius 3 is 2.76 bits per heavy atom. The fourth-order valence-corrected chi connectivity index (χ4v) is 4.10. The van der Waals surface area contributed by atoms with Crippen molar-refractivity contribution in [1.82, 2.24) is 10.3 Å². The Morgan fingerprint density at radius 1 is 1.33 bits per heavy atom. The van der Waals surface area contributed by atoms with Crippen LogP contribution in [0.15, 0.2) is 34.7 Å². The standard InChI is InChI=1S/C13H16ClN3O2S2/c1-9(2)16-8-10-5-6-12(20-10)21(18,19)17-13-11(14)4-3-7-15-13/h3-7,9,16H,8H2,1-2H3,(H,15,17). The topological polar surface area (TPSA) is 71.1 Å². The predicted molar refractivity (Wildman–Crippen MR) is 86.4 cm³/mol. The molecule has 21 heavy (non-hydrogen) atoms. The summed E-state index contributed by atoms with van der Waals surface area (Å²) in [6.07, 6.45) is 1.48. The Labute approximate surface area is 133 Å². The Balaban J connectivity index is 2.15. The summed E-state index contributed by atoms with van der Waals surface area (Å²) < 4.78 is 27.2. The molecule has 0 aliphatic carbocycles. The van der Waals surface area contributed by atoms with Crippen LogP contribution in [-0.2, 0) is 16.6 Å². The van der Waals surface area contributed by atoms with Gasteiger partial charge in [0.15, 0.2) is 5.82 Å². The molecule has 0 bridgehead atoms. The lowest BCUT2D eigenvalue weighted by Gasteiger charge is -2.07. The molecule has 8 heteroatoms. The quantitative estimate of drug-likeness (QED) is 0.844. The second-order valence-corrected chi connectivity index (χ2v) is 8.18. The van der Waals surface area contributed by atoms with Crippen molar-refractivity contribution in [2.45, 2.75) is 30.6 Å². The number of aromatic nitrogens is 1. The fourth-order valence-electron chi connectivity index (χ4n) is 1.54. The van der Waals surface area contributed by atoms with Crippen LogP contribution < -0.4 is 10.0 Å². The molecular formula is C13H16ClN3O2S2. The third-order valence-corrected chi connectivity index (χ3v) is 5.80. The molecule has 2 aromatic heterocycles. The van der Waals surface area contributed by atoms with E-state index in [-0.39, 0.29) is 15.0 Å². The lowest BCUT2D eigenvalue weighted by molar-refractivity contribution is 0.593. The molecule has 0 fully saturated rings. The van der Waals surface area contributed by atoms with Crippen molar-refractivity contribution in [2.24, 2.45) is 0 Å². The maximum Gasteiger partial charge on any atom is 0.272 e. The number of pyridine rings is 1. The molecule has 0 spiro atoms. The molecule has 0 aliphatic heterocycles. The number of sulfonamides is 1. The van der Waals surface area contributed by atoms with E-state index in [2.05, 4.69) is 15.0 Å². The number of nitrogens with zero attached hydrogens (tertiary/aromatic N) is 1. The first-order valence-electron chi connectivity index (χ1n) is 6.34. The first-order valence-corrected chi connectivity index (χ1v) is 9.01. The van der Waals surface area contributed by atoms with Crippen LogP contribution in [0.25, 0.3) is 0 Å². The van der Waals surface area contributed by atoms with Gasteiger partial charge in [-0.1, -0.05) is 25.4 Å². The van der Waals surface area contributed by atoms with E-state index in [1.807, 2.05) is 13.8 Å². The minimum absolute atomic E-state index is 0.134. The minimum atomic E-state index is -3.66. The van der Waals surface area contributed by atoms with Gasteiger partial charge in [0.05, 0.1) is 5.02 Å². The van der Waals surface area contributed by atoms with Gasteiger partial charge in [-0.15, -0.1) is 11.3 Å². The highest BCUT2D eigenvalue weighted by Gasteiger charge is 2.18. The molecule has 2 heterocycles. The van der Waals surface area contributed by atoms with Crippen LogP contribution in [-0.4, -0.2) is 19.4 Å². The van der Waals surface area contributed by atoms with Crippen molar-refractivity contribution in [1.29, 1.82) is 0 Å². The van der Waals surface area contributed by atoms with E-state index in [0.717, 1.165) is 4.88 Å². The summed E-state index contributed by atoms with van der Waals surface area (Å²) in [7, 11) is -3.66. The van der Waals surface area contributed by atoms with Crippen LogP contribution >= 0.6 is 22.9 Å². The number of nitrogens with one attached hydrogen (secondary N) is 2. The number of thiophene rings is 1. The highest BCUT2D eigenvalue weighted by molar-refractivity contribution is 7.94. The summed E-state index contributed by atoms with van der Waals surface area (Å²) in [5.74, 6) is 0.134. The van der Waals surface area contributed by atoms with Gasteiger partial charge < -0.3 is 5.32 Å². The second-order valence-electron chi connectivity index (χ2n) is 4.70. The highest BCUT2D eigenvalue weighted by atomic mass is 35.5. The molecule has 2 aromatic rings. The average Bonchev–Trinajstić information content (AvgIpc) is 2.88. The zero-order valence-corrected chi connectivity index (χ0v) is 14.0.